The molecule has 270 valence electrons. The number of benzene rings is 7. The molecule has 1 unspecified atom stereocenters. The molecule has 12 rings (SSSR count). The van der Waals surface area contributed by atoms with Gasteiger partial charge in [0, 0.05) is 54.8 Å². The molecule has 0 bridgehead atoms. The summed E-state index contributed by atoms with van der Waals surface area (Å²) in [4.78, 5) is 20.1. The molecular weight excluding hydrogens is 725 g/mol. The number of fused-ring (bicyclic) bond motifs is 12. The van der Waals surface area contributed by atoms with Crippen molar-refractivity contribution in [2.75, 3.05) is 0 Å². The van der Waals surface area contributed by atoms with Crippen LogP contribution in [-0.2, 0) is 5.41 Å². The van der Waals surface area contributed by atoms with E-state index in [1.54, 1.807) is 0 Å². The number of hydrogen-bond donors (Lipinski definition) is 0. The molecule has 58 heavy (non-hydrogen) atoms. The standard InChI is InChI=1S/C53H32N4S/c1-3-14-35(15-4-1)47-30-48(38-31-54-51(55-32-38)36-16-5-2-6-17-36)57-52(56-47)37-26-25-34-24-23-33-13-7-10-20-43(33)53(45(34)27-37)44-21-11-8-18-39(44)41-29-50-42(28-46(41)53)40-19-9-12-22-49(40)58-50/h1-32H. The minimum absolute atomic E-state index is 0.602. The molecule has 1 atom stereocenters. The van der Waals surface area contributed by atoms with Gasteiger partial charge in [0.05, 0.1) is 16.8 Å². The van der Waals surface area contributed by atoms with Crippen LogP contribution in [0.5, 0.6) is 0 Å². The smallest absolute Gasteiger partial charge is 0.160 e. The average molecular weight is 757 g/mol. The monoisotopic (exact) mass is 756 g/mol. The lowest BCUT2D eigenvalue weighted by molar-refractivity contribution is 0.767. The fourth-order valence-corrected chi connectivity index (χ4v) is 10.4. The van der Waals surface area contributed by atoms with Gasteiger partial charge in [0.2, 0.25) is 0 Å². The van der Waals surface area contributed by atoms with E-state index in [1.165, 1.54) is 64.7 Å². The summed E-state index contributed by atoms with van der Waals surface area (Å²) in [7, 11) is 0. The average Bonchev–Trinajstić information content (AvgIpc) is 3.75. The second-order valence-electron chi connectivity index (χ2n) is 15.0. The molecule has 3 aromatic heterocycles. The largest absolute Gasteiger partial charge is 0.236 e. The fraction of sp³-hybridized carbons (Fsp3) is 0.0189. The molecule has 5 heteroatoms. The summed E-state index contributed by atoms with van der Waals surface area (Å²) < 4.78 is 2.61. The molecule has 0 fully saturated rings. The first-order chi connectivity index (χ1) is 28.7. The van der Waals surface area contributed by atoms with Crippen LogP contribution in [0.3, 0.4) is 0 Å². The SMILES string of the molecule is C1=Cc2ccc(-c3nc(-c4ccccc4)cc(-c4cnc(-c5ccccc5)nc4)n3)cc2C2(c3ccccc31)c1ccccc1-c1cc3sc4ccccc4c3cc12. The highest BCUT2D eigenvalue weighted by Gasteiger charge is 2.49. The van der Waals surface area contributed by atoms with E-state index in [0.29, 0.717) is 11.6 Å². The number of rotatable bonds is 4. The Hall–Kier alpha value is -7.34. The van der Waals surface area contributed by atoms with Crippen molar-refractivity contribution < 1.29 is 0 Å². The van der Waals surface area contributed by atoms with Crippen LogP contribution >= 0.6 is 11.3 Å². The predicted octanol–water partition coefficient (Wildman–Crippen LogP) is 13.1. The van der Waals surface area contributed by atoms with Crippen molar-refractivity contribution in [2.45, 2.75) is 5.41 Å². The quantitative estimate of drug-likeness (QED) is 0.179. The third-order valence-corrected chi connectivity index (χ3v) is 13.0. The van der Waals surface area contributed by atoms with E-state index < -0.39 is 5.41 Å². The Morgan fingerprint density at radius 1 is 0.379 bits per heavy atom. The van der Waals surface area contributed by atoms with E-state index in [1.807, 2.05) is 78.3 Å². The van der Waals surface area contributed by atoms with Crippen LogP contribution in [-0.4, -0.2) is 19.9 Å². The van der Waals surface area contributed by atoms with Gasteiger partial charge >= 0.3 is 0 Å². The first-order valence-corrected chi connectivity index (χ1v) is 20.3. The lowest BCUT2D eigenvalue weighted by Crippen LogP contribution is -2.30. The van der Waals surface area contributed by atoms with E-state index in [-0.39, 0.29) is 0 Å². The van der Waals surface area contributed by atoms with Gasteiger partial charge in [-0.2, -0.15) is 0 Å². The van der Waals surface area contributed by atoms with Gasteiger partial charge in [-0.3, -0.25) is 0 Å². The van der Waals surface area contributed by atoms with Gasteiger partial charge in [-0.25, -0.2) is 19.9 Å². The van der Waals surface area contributed by atoms with Crippen molar-refractivity contribution in [3.63, 3.8) is 0 Å². The third-order valence-electron chi connectivity index (χ3n) is 11.8. The van der Waals surface area contributed by atoms with E-state index in [9.17, 15) is 0 Å². The summed E-state index contributed by atoms with van der Waals surface area (Å²) >= 11 is 1.87. The first kappa shape index (κ1) is 32.9. The molecule has 0 aliphatic heterocycles. The van der Waals surface area contributed by atoms with E-state index >= 15 is 0 Å². The minimum atomic E-state index is -0.602. The van der Waals surface area contributed by atoms with Crippen LogP contribution in [0.2, 0.25) is 0 Å². The summed E-state index contributed by atoms with van der Waals surface area (Å²) in [6, 6.07) is 60.9. The van der Waals surface area contributed by atoms with E-state index in [4.69, 9.17) is 19.9 Å². The van der Waals surface area contributed by atoms with Crippen molar-refractivity contribution in [3.05, 3.63) is 216 Å². The van der Waals surface area contributed by atoms with Crippen molar-refractivity contribution in [2.24, 2.45) is 0 Å². The van der Waals surface area contributed by atoms with Crippen molar-refractivity contribution >= 4 is 43.7 Å². The summed E-state index contributed by atoms with van der Waals surface area (Å²) in [6.07, 6.45) is 8.30. The van der Waals surface area contributed by atoms with Gasteiger partial charge in [-0.05, 0) is 74.8 Å². The summed E-state index contributed by atoms with van der Waals surface area (Å²) in [6.45, 7) is 0. The Morgan fingerprint density at radius 3 is 1.84 bits per heavy atom. The molecule has 7 aromatic carbocycles. The molecule has 1 spiro atoms. The van der Waals surface area contributed by atoms with Crippen LogP contribution in [0, 0.1) is 0 Å². The van der Waals surface area contributed by atoms with Crippen molar-refractivity contribution in [1.82, 2.24) is 19.9 Å². The van der Waals surface area contributed by atoms with Crippen LogP contribution in [0.15, 0.2) is 182 Å². The lowest BCUT2D eigenvalue weighted by atomic mass is 9.65. The Kier molecular flexibility index (Phi) is 7.28. The maximum Gasteiger partial charge on any atom is 0.160 e. The molecule has 2 aliphatic carbocycles. The van der Waals surface area contributed by atoms with Gasteiger partial charge in [0.1, 0.15) is 0 Å². The van der Waals surface area contributed by atoms with Crippen LogP contribution in [0.25, 0.3) is 88.7 Å². The van der Waals surface area contributed by atoms with Crippen LogP contribution in [0.1, 0.15) is 33.4 Å². The molecule has 4 nitrogen and oxygen atoms in total. The zero-order valence-electron chi connectivity index (χ0n) is 31.2. The van der Waals surface area contributed by atoms with Crippen molar-refractivity contribution in [3.8, 4) is 56.4 Å². The lowest BCUT2D eigenvalue weighted by Gasteiger charge is -2.35. The fourth-order valence-electron chi connectivity index (χ4n) is 9.23. The Labute approximate surface area is 339 Å². The highest BCUT2D eigenvalue weighted by Crippen LogP contribution is 2.60. The number of hydrogen-bond acceptors (Lipinski definition) is 5. The van der Waals surface area contributed by atoms with Crippen LogP contribution in [0.4, 0.5) is 0 Å². The molecule has 2 aliphatic rings. The Morgan fingerprint density at radius 2 is 1.03 bits per heavy atom. The predicted molar refractivity (Wildman–Crippen MR) is 238 cm³/mol. The van der Waals surface area contributed by atoms with Crippen LogP contribution < -0.4 is 0 Å². The topological polar surface area (TPSA) is 51.6 Å². The number of nitrogens with zero attached hydrogens (tertiary/aromatic N) is 4. The Bertz CT molecular complexity index is 3280. The maximum atomic E-state index is 5.28. The van der Waals surface area contributed by atoms with Gasteiger partial charge in [0.25, 0.3) is 0 Å². The summed E-state index contributed by atoms with van der Waals surface area (Å²) in [5.74, 6) is 1.32. The molecule has 10 aromatic rings. The molecule has 0 N–H and O–H groups in total. The number of aromatic nitrogens is 4. The Balaban J connectivity index is 1.11. The van der Waals surface area contributed by atoms with Gasteiger partial charge in [0.15, 0.2) is 11.6 Å². The maximum absolute atomic E-state index is 5.28. The normalized spacial score (nSPS) is 14.9. The summed E-state index contributed by atoms with van der Waals surface area (Å²) in [5.41, 5.74) is 14.8. The van der Waals surface area contributed by atoms with Gasteiger partial charge in [-0.15, -0.1) is 11.3 Å². The highest BCUT2D eigenvalue weighted by atomic mass is 32.1. The zero-order valence-corrected chi connectivity index (χ0v) is 32.0. The molecule has 0 saturated heterocycles. The number of thiophene rings is 1. The van der Waals surface area contributed by atoms with E-state index in [0.717, 1.165) is 33.6 Å². The summed E-state index contributed by atoms with van der Waals surface area (Å²) in [5, 5.41) is 2.59. The van der Waals surface area contributed by atoms with Gasteiger partial charge in [-0.1, -0.05) is 152 Å². The molecule has 0 radical (unpaired) electrons. The van der Waals surface area contributed by atoms with Gasteiger partial charge < -0.3 is 0 Å². The first-order valence-electron chi connectivity index (χ1n) is 19.5. The van der Waals surface area contributed by atoms with E-state index in [2.05, 4.69) is 127 Å². The molecular formula is C53H32N4S. The minimum Gasteiger partial charge on any atom is -0.236 e. The zero-order chi connectivity index (χ0) is 38.2. The van der Waals surface area contributed by atoms with Crippen molar-refractivity contribution in [1.29, 1.82) is 0 Å². The highest BCUT2D eigenvalue weighted by molar-refractivity contribution is 7.25. The second-order valence-corrected chi connectivity index (χ2v) is 16.1. The molecule has 0 amide bonds. The second kappa shape index (κ2) is 12.8. The molecule has 3 heterocycles. The third kappa shape index (κ3) is 4.93. The molecule has 0 saturated carbocycles.